The van der Waals surface area contributed by atoms with Gasteiger partial charge >= 0.3 is 0 Å². The second kappa shape index (κ2) is 9.29. The molecular weight excluding hydrogens is 377 g/mol. The summed E-state index contributed by atoms with van der Waals surface area (Å²) in [5.41, 5.74) is 1.25. The molecule has 0 amide bonds. The smallest absolute Gasteiger partial charge is 0.134 e. The van der Waals surface area contributed by atoms with Crippen LogP contribution < -0.4 is 5.32 Å². The minimum absolute atomic E-state index is 0. The van der Waals surface area contributed by atoms with E-state index in [0.717, 1.165) is 31.7 Å². The van der Waals surface area contributed by atoms with Crippen molar-refractivity contribution < 1.29 is 5.11 Å². The zero-order chi connectivity index (χ0) is 13.8. The number of piperazine rings is 1. The molecule has 0 bridgehead atoms. The van der Waals surface area contributed by atoms with Gasteiger partial charge in [-0.05, 0) is 28.1 Å². The van der Waals surface area contributed by atoms with E-state index < -0.39 is 0 Å². The lowest BCUT2D eigenvalue weighted by molar-refractivity contribution is 0.201. The Balaban J connectivity index is 0.00000200. The molecule has 1 fully saturated rings. The number of nitriles is 1. The van der Waals surface area contributed by atoms with E-state index in [1.54, 1.807) is 12.1 Å². The molecule has 1 aliphatic heterocycles. The van der Waals surface area contributed by atoms with Crippen LogP contribution in [-0.4, -0.2) is 36.2 Å². The molecule has 1 aromatic carbocycles. The predicted octanol–water partition coefficient (Wildman–Crippen LogP) is 3.00. The van der Waals surface area contributed by atoms with Gasteiger partial charge in [-0.15, -0.1) is 31.4 Å². The van der Waals surface area contributed by atoms with Crippen LogP contribution in [0.5, 0.6) is 5.75 Å². The standard InChI is InChI=1S/C14H16BrN3O.2ClH/c1-2-13(18-5-3-17-4-6-18)11-7-10(9-16)8-12(15)14(11)19;;/h2,7-8,13,17,19H,1,3-6H2;2*1H/t13-;;/m1../s1. The van der Waals surface area contributed by atoms with Crippen LogP contribution in [0.25, 0.3) is 0 Å². The molecule has 116 valence electrons. The van der Waals surface area contributed by atoms with Crippen molar-refractivity contribution in [1.29, 1.82) is 5.26 Å². The lowest BCUT2D eigenvalue weighted by Gasteiger charge is -2.33. The van der Waals surface area contributed by atoms with Crippen molar-refractivity contribution >= 4 is 40.7 Å². The summed E-state index contributed by atoms with van der Waals surface area (Å²) in [5, 5.41) is 22.5. The van der Waals surface area contributed by atoms with Crippen LogP contribution in [0.4, 0.5) is 0 Å². The highest BCUT2D eigenvalue weighted by Crippen LogP contribution is 2.36. The van der Waals surface area contributed by atoms with Gasteiger partial charge in [0, 0.05) is 31.7 Å². The van der Waals surface area contributed by atoms with E-state index in [0.29, 0.717) is 10.0 Å². The van der Waals surface area contributed by atoms with Gasteiger partial charge in [0.05, 0.1) is 22.1 Å². The summed E-state index contributed by atoms with van der Waals surface area (Å²) in [6.07, 6.45) is 1.81. The van der Waals surface area contributed by atoms with Gasteiger partial charge in [0.2, 0.25) is 0 Å². The third-order valence-corrected chi connectivity index (χ3v) is 3.91. The highest BCUT2D eigenvalue weighted by atomic mass is 79.9. The monoisotopic (exact) mass is 393 g/mol. The normalized spacial score (nSPS) is 16.0. The first kappa shape index (κ1) is 20.2. The Morgan fingerprint density at radius 3 is 2.52 bits per heavy atom. The Morgan fingerprint density at radius 2 is 2.00 bits per heavy atom. The number of nitrogens with zero attached hydrogens (tertiary/aromatic N) is 2. The molecule has 0 aromatic heterocycles. The molecule has 0 spiro atoms. The molecule has 0 saturated carbocycles. The minimum Gasteiger partial charge on any atom is -0.506 e. The van der Waals surface area contributed by atoms with Crippen molar-refractivity contribution in [3.8, 4) is 11.8 Å². The van der Waals surface area contributed by atoms with E-state index in [-0.39, 0.29) is 36.6 Å². The topological polar surface area (TPSA) is 59.3 Å². The van der Waals surface area contributed by atoms with E-state index >= 15 is 0 Å². The molecule has 1 aliphatic rings. The van der Waals surface area contributed by atoms with E-state index in [2.05, 4.69) is 38.8 Å². The molecule has 7 heteroatoms. The molecule has 1 saturated heterocycles. The van der Waals surface area contributed by atoms with Crippen molar-refractivity contribution in [3.63, 3.8) is 0 Å². The van der Waals surface area contributed by atoms with Crippen molar-refractivity contribution in [2.75, 3.05) is 26.2 Å². The van der Waals surface area contributed by atoms with Crippen LogP contribution >= 0.6 is 40.7 Å². The number of rotatable bonds is 3. The highest BCUT2D eigenvalue weighted by Gasteiger charge is 2.23. The van der Waals surface area contributed by atoms with Crippen molar-refractivity contribution in [1.82, 2.24) is 10.2 Å². The second-order valence-electron chi connectivity index (χ2n) is 4.47. The quantitative estimate of drug-likeness (QED) is 0.773. The van der Waals surface area contributed by atoms with Crippen molar-refractivity contribution in [2.24, 2.45) is 0 Å². The first-order chi connectivity index (χ1) is 9.17. The van der Waals surface area contributed by atoms with E-state index in [4.69, 9.17) is 5.26 Å². The summed E-state index contributed by atoms with van der Waals surface area (Å²) in [4.78, 5) is 2.24. The van der Waals surface area contributed by atoms with Crippen LogP contribution in [0.15, 0.2) is 29.3 Å². The van der Waals surface area contributed by atoms with Gasteiger partial charge in [0.15, 0.2) is 0 Å². The maximum Gasteiger partial charge on any atom is 0.134 e. The number of phenolic OH excluding ortho intramolecular Hbond substituents is 1. The predicted molar refractivity (Wildman–Crippen MR) is 92.4 cm³/mol. The first-order valence-electron chi connectivity index (χ1n) is 6.17. The minimum atomic E-state index is -0.0771. The second-order valence-corrected chi connectivity index (χ2v) is 5.33. The summed E-state index contributed by atoms with van der Waals surface area (Å²) < 4.78 is 0.545. The molecule has 1 aromatic rings. The fraction of sp³-hybridized carbons (Fsp3) is 0.357. The maximum atomic E-state index is 10.2. The fourth-order valence-corrected chi connectivity index (χ4v) is 2.82. The van der Waals surface area contributed by atoms with Gasteiger partial charge in [-0.3, -0.25) is 4.90 Å². The molecule has 0 radical (unpaired) electrons. The molecule has 1 heterocycles. The SMILES string of the molecule is C=C[C@H](c1cc(C#N)cc(Br)c1O)N1CCNCC1.Cl.Cl. The van der Waals surface area contributed by atoms with E-state index in [9.17, 15) is 5.11 Å². The van der Waals surface area contributed by atoms with E-state index in [1.165, 1.54) is 0 Å². The lowest BCUT2D eigenvalue weighted by atomic mass is 10.0. The van der Waals surface area contributed by atoms with Gasteiger partial charge in [-0.25, -0.2) is 0 Å². The van der Waals surface area contributed by atoms with Crippen LogP contribution in [0.2, 0.25) is 0 Å². The number of hydrogen-bond donors (Lipinski definition) is 2. The van der Waals surface area contributed by atoms with Crippen LogP contribution in [0, 0.1) is 11.3 Å². The highest BCUT2D eigenvalue weighted by molar-refractivity contribution is 9.10. The lowest BCUT2D eigenvalue weighted by Crippen LogP contribution is -2.44. The molecule has 0 aliphatic carbocycles. The Kier molecular flexibility index (Phi) is 8.95. The summed E-state index contributed by atoms with van der Waals surface area (Å²) in [5.74, 6) is 0.183. The zero-order valence-corrected chi connectivity index (χ0v) is 14.6. The zero-order valence-electron chi connectivity index (χ0n) is 11.4. The largest absolute Gasteiger partial charge is 0.506 e. The molecule has 4 nitrogen and oxygen atoms in total. The number of halogens is 3. The summed E-state index contributed by atoms with van der Waals surface area (Å²) in [6.45, 7) is 7.50. The average molecular weight is 395 g/mol. The number of nitrogens with one attached hydrogen (secondary N) is 1. The Labute approximate surface area is 145 Å². The molecule has 2 rings (SSSR count). The molecule has 2 N–H and O–H groups in total. The van der Waals surface area contributed by atoms with Gasteiger partial charge in [0.1, 0.15) is 5.75 Å². The van der Waals surface area contributed by atoms with Gasteiger partial charge in [-0.1, -0.05) is 6.08 Å². The number of phenols is 1. The number of benzene rings is 1. The Morgan fingerprint density at radius 1 is 1.38 bits per heavy atom. The van der Waals surface area contributed by atoms with Gasteiger partial charge in [0.25, 0.3) is 0 Å². The Bertz CT molecular complexity index is 528. The van der Waals surface area contributed by atoms with Crippen LogP contribution in [-0.2, 0) is 0 Å². The summed E-state index contributed by atoms with van der Waals surface area (Å²) in [6, 6.07) is 5.39. The molecule has 1 atom stereocenters. The van der Waals surface area contributed by atoms with Crippen molar-refractivity contribution in [2.45, 2.75) is 6.04 Å². The van der Waals surface area contributed by atoms with Crippen molar-refractivity contribution in [3.05, 3.63) is 40.4 Å². The van der Waals surface area contributed by atoms with Gasteiger partial charge in [-0.2, -0.15) is 5.26 Å². The summed E-state index contributed by atoms with van der Waals surface area (Å²) in [7, 11) is 0. The van der Waals surface area contributed by atoms with E-state index in [1.807, 2.05) is 6.08 Å². The maximum absolute atomic E-state index is 10.2. The number of aromatic hydroxyl groups is 1. The third-order valence-electron chi connectivity index (χ3n) is 3.31. The molecule has 21 heavy (non-hydrogen) atoms. The number of hydrogen-bond acceptors (Lipinski definition) is 4. The third kappa shape index (κ3) is 4.60. The molecular formula is C14H18BrCl2N3O. The van der Waals surface area contributed by atoms with Gasteiger partial charge < -0.3 is 10.4 Å². The Hall–Kier alpha value is -0.770. The summed E-state index contributed by atoms with van der Waals surface area (Å²) >= 11 is 3.29. The fourth-order valence-electron chi connectivity index (χ4n) is 2.34. The van der Waals surface area contributed by atoms with Crippen LogP contribution in [0.3, 0.4) is 0 Å². The average Bonchev–Trinajstić information content (AvgIpc) is 2.45. The molecule has 0 unspecified atom stereocenters. The first-order valence-corrected chi connectivity index (χ1v) is 6.96. The van der Waals surface area contributed by atoms with Crippen LogP contribution in [0.1, 0.15) is 17.2 Å².